The minimum Gasteiger partial charge on any atom is -0.336 e. The fourth-order valence-electron chi connectivity index (χ4n) is 3.82. The Balaban J connectivity index is 1.32. The number of carbonyl (C=O) groups excluding carboxylic acids is 1. The van der Waals surface area contributed by atoms with Gasteiger partial charge in [-0.05, 0) is 42.0 Å². The molecule has 0 saturated heterocycles. The second-order valence-electron chi connectivity index (χ2n) is 7.58. The van der Waals surface area contributed by atoms with Crippen LogP contribution < -0.4 is 5.32 Å². The maximum absolute atomic E-state index is 13.3. The topological polar surface area (TPSA) is 66.0 Å². The molecule has 4 aromatic rings. The van der Waals surface area contributed by atoms with Crippen LogP contribution in [0.4, 0.5) is 9.52 Å². The maximum atomic E-state index is 13.3. The molecule has 0 atom stereocenters. The van der Waals surface area contributed by atoms with Crippen molar-refractivity contribution in [1.29, 1.82) is 0 Å². The molecule has 2 aromatic heterocycles. The molecule has 5 rings (SSSR count). The number of nitrogens with zero attached hydrogens (tertiary/aromatic N) is 3. The zero-order valence-electron chi connectivity index (χ0n) is 17.0. The molecule has 0 unspecified atom stereocenters. The summed E-state index contributed by atoms with van der Waals surface area (Å²) in [5.41, 5.74) is 3.27. The third kappa shape index (κ3) is 4.27. The Hall–Kier alpha value is -3.14. The van der Waals surface area contributed by atoms with Gasteiger partial charge in [-0.3, -0.25) is 19.6 Å². The van der Waals surface area contributed by atoms with Gasteiger partial charge in [-0.1, -0.05) is 30.3 Å². The Morgan fingerprint density at radius 1 is 1.19 bits per heavy atom. The molecule has 2 N–H and O–H groups in total. The number of aromatic nitrogens is 3. The fourth-order valence-corrected chi connectivity index (χ4v) is 5.13. The van der Waals surface area contributed by atoms with Gasteiger partial charge >= 0.3 is 0 Å². The number of nitrogens with one attached hydrogen (secondary N) is 2. The summed E-state index contributed by atoms with van der Waals surface area (Å²) in [7, 11) is 0. The van der Waals surface area contributed by atoms with Crippen molar-refractivity contribution in [3.8, 4) is 5.69 Å². The molecule has 1 aliphatic heterocycles. The van der Waals surface area contributed by atoms with Crippen molar-refractivity contribution in [2.24, 2.45) is 0 Å². The van der Waals surface area contributed by atoms with Crippen molar-refractivity contribution < 1.29 is 9.18 Å². The summed E-state index contributed by atoms with van der Waals surface area (Å²) in [5, 5.41) is 3.47. The average Bonchev–Trinajstić information content (AvgIpc) is 3.37. The summed E-state index contributed by atoms with van der Waals surface area (Å²) in [6, 6.07) is 16.2. The van der Waals surface area contributed by atoms with Crippen LogP contribution >= 0.6 is 23.6 Å². The number of benzene rings is 2. The molecule has 0 aliphatic carbocycles. The normalized spacial score (nSPS) is 13.7. The fraction of sp³-hybridized carbons (Fsp3) is 0.174. The highest BCUT2D eigenvalue weighted by molar-refractivity contribution is 7.71. The molecular formula is C23H20FN5OS2. The van der Waals surface area contributed by atoms with Gasteiger partial charge in [-0.15, -0.1) is 11.3 Å². The highest BCUT2D eigenvalue weighted by Crippen LogP contribution is 2.29. The number of rotatable bonds is 5. The van der Waals surface area contributed by atoms with Crippen LogP contribution in [0.3, 0.4) is 0 Å². The molecule has 32 heavy (non-hydrogen) atoms. The minimum absolute atomic E-state index is 0.325. The molecule has 0 bridgehead atoms. The monoisotopic (exact) mass is 465 g/mol. The van der Waals surface area contributed by atoms with Crippen LogP contribution in [0.2, 0.25) is 0 Å². The first-order chi connectivity index (χ1) is 15.6. The van der Waals surface area contributed by atoms with Gasteiger partial charge in [0, 0.05) is 42.8 Å². The van der Waals surface area contributed by atoms with Gasteiger partial charge in [0.05, 0.1) is 5.69 Å². The molecule has 0 radical (unpaired) electrons. The highest BCUT2D eigenvalue weighted by atomic mass is 32.1. The number of imidazole rings is 1. The molecule has 0 saturated carbocycles. The van der Waals surface area contributed by atoms with Gasteiger partial charge in [-0.2, -0.15) is 0 Å². The van der Waals surface area contributed by atoms with Gasteiger partial charge in [0.15, 0.2) is 9.90 Å². The summed E-state index contributed by atoms with van der Waals surface area (Å²) in [4.78, 5) is 24.1. The van der Waals surface area contributed by atoms with Crippen molar-refractivity contribution in [2.45, 2.75) is 19.5 Å². The number of fused-ring (bicyclic) bond motifs is 1. The van der Waals surface area contributed by atoms with Crippen molar-refractivity contribution >= 4 is 34.6 Å². The summed E-state index contributed by atoms with van der Waals surface area (Å²) >= 11 is 6.83. The van der Waals surface area contributed by atoms with E-state index >= 15 is 0 Å². The largest absolute Gasteiger partial charge is 0.336 e. The third-order valence-corrected chi connectivity index (χ3v) is 6.67. The lowest BCUT2D eigenvalue weighted by atomic mass is 10.1. The van der Waals surface area contributed by atoms with Crippen molar-refractivity contribution in [3.63, 3.8) is 0 Å². The first kappa shape index (κ1) is 20.7. The number of anilines is 1. The molecule has 1 aliphatic rings. The number of aromatic amines is 1. The number of hydrogen-bond donors (Lipinski definition) is 2. The molecule has 6 nitrogen and oxygen atoms in total. The van der Waals surface area contributed by atoms with E-state index < -0.39 is 0 Å². The van der Waals surface area contributed by atoms with Crippen LogP contribution in [0.25, 0.3) is 5.69 Å². The van der Waals surface area contributed by atoms with Gasteiger partial charge < -0.3 is 4.98 Å². The van der Waals surface area contributed by atoms with Crippen molar-refractivity contribution in [2.75, 3.05) is 11.9 Å². The molecule has 0 fully saturated rings. The number of hydrogen-bond acceptors (Lipinski definition) is 5. The number of amides is 1. The van der Waals surface area contributed by atoms with Crippen LogP contribution in [0.15, 0.2) is 60.8 Å². The highest BCUT2D eigenvalue weighted by Gasteiger charge is 2.22. The second-order valence-corrected chi connectivity index (χ2v) is 9.05. The van der Waals surface area contributed by atoms with E-state index in [0.29, 0.717) is 21.3 Å². The van der Waals surface area contributed by atoms with E-state index in [1.807, 2.05) is 6.07 Å². The standard InChI is InChI=1S/C23H20FN5OS2/c24-16-6-8-17(9-7-16)29-19(12-25-23(29)31)21(30)27-22-26-18-10-11-28(14-20(18)32-22)13-15-4-2-1-3-5-15/h1-9,12H,10-11,13-14H2,(H,25,31)(H,26,27,30). The zero-order chi connectivity index (χ0) is 22.1. The number of halogens is 1. The number of H-pyrrole nitrogens is 1. The van der Waals surface area contributed by atoms with E-state index in [2.05, 4.69) is 44.5 Å². The van der Waals surface area contributed by atoms with Crippen molar-refractivity contribution in [3.05, 3.63) is 93.2 Å². The molecular weight excluding hydrogens is 445 g/mol. The van der Waals surface area contributed by atoms with E-state index in [-0.39, 0.29) is 11.7 Å². The lowest BCUT2D eigenvalue weighted by Crippen LogP contribution is -2.29. The lowest BCUT2D eigenvalue weighted by Gasteiger charge is -2.25. The Kier molecular flexibility index (Phi) is 5.69. The first-order valence-electron chi connectivity index (χ1n) is 10.2. The molecule has 2 aromatic carbocycles. The van der Waals surface area contributed by atoms with E-state index in [0.717, 1.165) is 31.7 Å². The second kappa shape index (κ2) is 8.78. The summed E-state index contributed by atoms with van der Waals surface area (Å²) < 4.78 is 15.2. The van der Waals surface area contributed by atoms with Crippen LogP contribution in [0.5, 0.6) is 0 Å². The molecule has 1 amide bonds. The van der Waals surface area contributed by atoms with Gasteiger partial charge in [0.1, 0.15) is 11.5 Å². The van der Waals surface area contributed by atoms with E-state index in [1.54, 1.807) is 22.9 Å². The SMILES string of the molecule is O=C(Nc1nc2c(s1)CN(Cc1ccccc1)CC2)c1c[nH]c(=S)n1-c1ccc(F)cc1. The smallest absolute Gasteiger partial charge is 0.276 e. The van der Waals surface area contributed by atoms with E-state index in [9.17, 15) is 9.18 Å². The first-order valence-corrected chi connectivity index (χ1v) is 11.4. The predicted molar refractivity (Wildman–Crippen MR) is 125 cm³/mol. The zero-order valence-corrected chi connectivity index (χ0v) is 18.7. The Morgan fingerprint density at radius 2 is 1.97 bits per heavy atom. The summed E-state index contributed by atoms with van der Waals surface area (Å²) in [5.74, 6) is -0.676. The van der Waals surface area contributed by atoms with Gasteiger partial charge in [-0.25, -0.2) is 9.37 Å². The Labute approximate surface area is 193 Å². The van der Waals surface area contributed by atoms with E-state index in [1.165, 1.54) is 33.9 Å². The Bertz CT molecular complexity index is 1310. The van der Waals surface area contributed by atoms with Crippen LogP contribution in [-0.4, -0.2) is 31.9 Å². The molecule has 162 valence electrons. The number of carbonyl (C=O) groups is 1. The van der Waals surface area contributed by atoms with Crippen LogP contribution in [0.1, 0.15) is 26.6 Å². The van der Waals surface area contributed by atoms with Crippen LogP contribution in [-0.2, 0) is 19.5 Å². The number of thiazole rings is 1. The lowest BCUT2D eigenvalue weighted by molar-refractivity contribution is 0.102. The third-order valence-electron chi connectivity index (χ3n) is 5.37. The van der Waals surface area contributed by atoms with Gasteiger partial charge in [0.25, 0.3) is 5.91 Å². The molecule has 0 spiro atoms. The maximum Gasteiger partial charge on any atom is 0.276 e. The molecule has 3 heterocycles. The van der Waals surface area contributed by atoms with Crippen molar-refractivity contribution in [1.82, 2.24) is 19.4 Å². The van der Waals surface area contributed by atoms with Crippen LogP contribution in [0, 0.1) is 10.6 Å². The Morgan fingerprint density at radius 3 is 2.75 bits per heavy atom. The predicted octanol–water partition coefficient (Wildman–Crippen LogP) is 4.94. The van der Waals surface area contributed by atoms with Gasteiger partial charge in [0.2, 0.25) is 0 Å². The molecule has 9 heteroatoms. The average molecular weight is 466 g/mol. The quantitative estimate of drug-likeness (QED) is 0.410. The summed E-state index contributed by atoms with van der Waals surface area (Å²) in [6.07, 6.45) is 2.40. The van der Waals surface area contributed by atoms with E-state index in [4.69, 9.17) is 12.2 Å². The summed E-state index contributed by atoms with van der Waals surface area (Å²) in [6.45, 7) is 2.64. The minimum atomic E-state index is -0.350.